The molecule has 14 nitrogen and oxygen atoms in total. The van der Waals surface area contributed by atoms with Crippen LogP contribution >= 0.6 is 0 Å². The van der Waals surface area contributed by atoms with Crippen LogP contribution in [0.1, 0.15) is 0 Å². The van der Waals surface area contributed by atoms with Gasteiger partial charge in [0.2, 0.25) is 0 Å². The Morgan fingerprint density at radius 2 is 0.964 bits per heavy atom. The summed E-state index contributed by atoms with van der Waals surface area (Å²) in [6.07, 6.45) is 2.33. The van der Waals surface area contributed by atoms with E-state index in [4.69, 9.17) is 0 Å². The molecular formula is C14H10N6O8. The molecule has 2 N–H and O–H groups in total. The van der Waals surface area contributed by atoms with Crippen LogP contribution < -0.4 is 10.6 Å². The first-order chi connectivity index (χ1) is 13.2. The Morgan fingerprint density at radius 3 is 1.25 bits per heavy atom. The van der Waals surface area contributed by atoms with E-state index in [0.717, 1.165) is 36.4 Å². The summed E-state index contributed by atoms with van der Waals surface area (Å²) in [4.78, 5) is 40.3. The second-order valence-electron chi connectivity index (χ2n) is 5.05. The Kier molecular flexibility index (Phi) is 5.75. The van der Waals surface area contributed by atoms with Crippen LogP contribution in [-0.2, 0) is 0 Å². The summed E-state index contributed by atoms with van der Waals surface area (Å²) in [5.41, 5.74) is -2.10. The zero-order valence-electron chi connectivity index (χ0n) is 13.7. The number of nitro groups is 4. The van der Waals surface area contributed by atoms with E-state index in [9.17, 15) is 40.5 Å². The van der Waals surface area contributed by atoms with Gasteiger partial charge in [0.1, 0.15) is 11.4 Å². The van der Waals surface area contributed by atoms with Gasteiger partial charge >= 0.3 is 0 Å². The summed E-state index contributed by atoms with van der Waals surface area (Å²) < 4.78 is 0. The molecule has 0 fully saturated rings. The van der Waals surface area contributed by atoms with Gasteiger partial charge in [0.15, 0.2) is 0 Å². The molecule has 0 atom stereocenters. The van der Waals surface area contributed by atoms with Crippen LogP contribution in [0.5, 0.6) is 0 Å². The third kappa shape index (κ3) is 4.51. The van der Waals surface area contributed by atoms with Crippen molar-refractivity contribution in [3.63, 3.8) is 0 Å². The van der Waals surface area contributed by atoms with Crippen molar-refractivity contribution in [1.82, 2.24) is 0 Å². The molecule has 0 radical (unpaired) electrons. The van der Waals surface area contributed by atoms with Gasteiger partial charge in [0, 0.05) is 24.5 Å². The highest BCUT2D eigenvalue weighted by atomic mass is 16.6. The average molecular weight is 390 g/mol. The third-order valence-corrected chi connectivity index (χ3v) is 3.34. The molecular weight excluding hydrogens is 380 g/mol. The summed E-state index contributed by atoms with van der Waals surface area (Å²) in [6.45, 7) is 0. The van der Waals surface area contributed by atoms with Gasteiger partial charge in [-0.25, -0.2) is 0 Å². The largest absolute Gasteiger partial charge is 0.355 e. The normalized spacial score (nSPS) is 10.4. The molecule has 0 unspecified atom stereocenters. The molecule has 144 valence electrons. The minimum absolute atomic E-state index is 0.0492. The number of non-ortho nitro benzene ring substituents is 2. The van der Waals surface area contributed by atoms with Crippen LogP contribution in [0.4, 0.5) is 34.1 Å². The van der Waals surface area contributed by atoms with E-state index in [1.54, 1.807) is 0 Å². The second-order valence-corrected chi connectivity index (χ2v) is 5.05. The number of rotatable bonds is 8. The zero-order chi connectivity index (χ0) is 20.8. The number of anilines is 2. The van der Waals surface area contributed by atoms with Gasteiger partial charge in [-0.3, -0.25) is 40.5 Å². The van der Waals surface area contributed by atoms with E-state index >= 15 is 0 Å². The Morgan fingerprint density at radius 1 is 0.607 bits per heavy atom. The number of nitrogens with zero attached hydrogens (tertiary/aromatic N) is 4. The summed E-state index contributed by atoms with van der Waals surface area (Å²) in [5.74, 6) is 0. The van der Waals surface area contributed by atoms with Crippen LogP contribution in [-0.4, -0.2) is 19.7 Å². The van der Waals surface area contributed by atoms with E-state index in [0.29, 0.717) is 0 Å². The molecule has 0 heterocycles. The average Bonchev–Trinajstić information content (AvgIpc) is 2.64. The lowest BCUT2D eigenvalue weighted by molar-refractivity contribution is -0.393. The smallest absolute Gasteiger partial charge is 0.299 e. The monoisotopic (exact) mass is 390 g/mol. The topological polar surface area (TPSA) is 197 Å². The Labute approximate surface area is 154 Å². The maximum atomic E-state index is 11.0. The van der Waals surface area contributed by atoms with Crippen molar-refractivity contribution in [3.05, 3.63) is 89.3 Å². The molecule has 0 aromatic heterocycles. The van der Waals surface area contributed by atoms with Gasteiger partial charge in [0.25, 0.3) is 22.7 Å². The second kappa shape index (κ2) is 8.17. The van der Waals surface area contributed by atoms with Crippen molar-refractivity contribution >= 4 is 34.1 Å². The van der Waals surface area contributed by atoms with Gasteiger partial charge in [-0.1, -0.05) is 0 Å². The molecule has 0 aliphatic carbocycles. The minimum atomic E-state index is -0.808. The first kappa shape index (κ1) is 19.7. The molecule has 0 bridgehead atoms. The van der Waals surface area contributed by atoms with Gasteiger partial charge < -0.3 is 10.6 Å². The van der Waals surface area contributed by atoms with Crippen molar-refractivity contribution in [2.75, 3.05) is 10.6 Å². The lowest BCUT2D eigenvalue weighted by Gasteiger charge is -2.04. The number of hydrogen-bond acceptors (Lipinski definition) is 10. The summed E-state index contributed by atoms with van der Waals surface area (Å²) in [5, 5.41) is 48.5. The van der Waals surface area contributed by atoms with Crippen molar-refractivity contribution in [2.24, 2.45) is 0 Å². The van der Waals surface area contributed by atoms with E-state index in [-0.39, 0.29) is 11.4 Å². The van der Waals surface area contributed by atoms with E-state index in [1.807, 2.05) is 0 Å². The maximum Gasteiger partial charge on any atom is 0.299 e. The fraction of sp³-hybridized carbons (Fsp3) is 0. The lowest BCUT2D eigenvalue weighted by atomic mass is 10.2. The Hall–Kier alpha value is -4.62. The van der Waals surface area contributed by atoms with E-state index < -0.39 is 42.4 Å². The van der Waals surface area contributed by atoms with Crippen molar-refractivity contribution in [2.45, 2.75) is 0 Å². The molecule has 0 aliphatic heterocycles. The predicted molar refractivity (Wildman–Crippen MR) is 95.9 cm³/mol. The molecule has 0 saturated carbocycles. The molecule has 28 heavy (non-hydrogen) atoms. The first-order valence-electron chi connectivity index (χ1n) is 7.24. The summed E-state index contributed by atoms with van der Waals surface area (Å²) >= 11 is 0. The fourth-order valence-electron chi connectivity index (χ4n) is 2.08. The standard InChI is InChI=1S/C14H10N6O8/c21-17(22)9-1-3-11(13(7-9)19(25)26)15-5-6-16-12-4-2-10(18(23)24)8-14(12)20(27)28/h1-8,15-16H/b6-5-. The van der Waals surface area contributed by atoms with Crippen LogP contribution in [0.3, 0.4) is 0 Å². The third-order valence-electron chi connectivity index (χ3n) is 3.34. The van der Waals surface area contributed by atoms with Gasteiger partial charge in [0.05, 0.1) is 31.8 Å². The van der Waals surface area contributed by atoms with Gasteiger partial charge in [-0.15, -0.1) is 0 Å². The van der Waals surface area contributed by atoms with Gasteiger partial charge in [-0.05, 0) is 12.1 Å². The van der Waals surface area contributed by atoms with E-state index in [2.05, 4.69) is 10.6 Å². The Balaban J connectivity index is 2.19. The maximum absolute atomic E-state index is 11.0. The van der Waals surface area contributed by atoms with Gasteiger partial charge in [-0.2, -0.15) is 0 Å². The lowest BCUT2D eigenvalue weighted by Crippen LogP contribution is -2.00. The molecule has 0 spiro atoms. The fourth-order valence-corrected chi connectivity index (χ4v) is 2.08. The SMILES string of the molecule is O=[N+]([O-])c1ccc(N/C=C\Nc2ccc([N+](=O)[O-])cc2[N+](=O)[O-])c([N+](=O)[O-])c1. The minimum Gasteiger partial charge on any atom is -0.355 e. The highest BCUT2D eigenvalue weighted by Crippen LogP contribution is 2.30. The van der Waals surface area contributed by atoms with E-state index in [1.165, 1.54) is 12.4 Å². The van der Waals surface area contributed by atoms with Crippen LogP contribution in [0.25, 0.3) is 0 Å². The highest BCUT2D eigenvalue weighted by molar-refractivity contribution is 5.68. The summed E-state index contributed by atoms with van der Waals surface area (Å²) in [6, 6.07) is 5.97. The molecule has 2 aromatic rings. The zero-order valence-corrected chi connectivity index (χ0v) is 13.7. The molecule has 2 aromatic carbocycles. The first-order valence-corrected chi connectivity index (χ1v) is 7.24. The number of nitro benzene ring substituents is 4. The van der Waals surface area contributed by atoms with Crippen LogP contribution in [0, 0.1) is 40.5 Å². The van der Waals surface area contributed by atoms with Crippen molar-refractivity contribution in [1.29, 1.82) is 0 Å². The van der Waals surface area contributed by atoms with Crippen LogP contribution in [0.15, 0.2) is 48.8 Å². The molecule has 14 heteroatoms. The molecule has 0 aliphatic rings. The van der Waals surface area contributed by atoms with Crippen LogP contribution in [0.2, 0.25) is 0 Å². The quantitative estimate of drug-likeness (QED) is 0.498. The van der Waals surface area contributed by atoms with Crippen molar-refractivity contribution < 1.29 is 19.7 Å². The molecule has 0 saturated heterocycles. The number of nitrogens with one attached hydrogen (secondary N) is 2. The van der Waals surface area contributed by atoms with Crippen molar-refractivity contribution in [3.8, 4) is 0 Å². The number of hydrogen-bond donors (Lipinski definition) is 2. The Bertz CT molecular complexity index is 926. The predicted octanol–water partition coefficient (Wildman–Crippen LogP) is 3.31. The highest BCUT2D eigenvalue weighted by Gasteiger charge is 2.20. The number of benzene rings is 2. The molecule has 0 amide bonds. The summed E-state index contributed by atoms with van der Waals surface area (Å²) in [7, 11) is 0. The molecule has 2 rings (SSSR count).